The van der Waals surface area contributed by atoms with Gasteiger partial charge >= 0.3 is 58.6 Å². The van der Waals surface area contributed by atoms with Crippen LogP contribution in [0.1, 0.15) is 0 Å². The Balaban J connectivity index is 4.46. The van der Waals surface area contributed by atoms with Crippen LogP contribution in [0.2, 0.25) is 0 Å². The number of hydrogen-bond donors (Lipinski definition) is 2. The molecule has 0 bridgehead atoms. The summed E-state index contributed by atoms with van der Waals surface area (Å²) in [7, 11) is -8.83. The van der Waals surface area contributed by atoms with Crippen molar-refractivity contribution in [1.29, 1.82) is 0 Å². The van der Waals surface area contributed by atoms with Crippen LogP contribution in [-0.4, -0.2) is 36.1 Å². The van der Waals surface area contributed by atoms with Gasteiger partial charge in [-0.05, 0) is 0 Å². The second kappa shape index (κ2) is 2.62. The fourth-order valence-corrected chi connectivity index (χ4v) is 2.30. The predicted octanol–water partition coefficient (Wildman–Crippen LogP) is -1.44. The van der Waals surface area contributed by atoms with Crippen LogP contribution >= 0.6 is 0 Å². The molecule has 6 nitrogen and oxygen atoms in total. The van der Waals surface area contributed by atoms with Gasteiger partial charge in [-0.2, -0.15) is 0 Å². The molecule has 0 saturated heterocycles. The summed E-state index contributed by atoms with van der Waals surface area (Å²) in [4.78, 5) is 0. The topological polar surface area (TPSA) is 101 Å². The summed E-state index contributed by atoms with van der Waals surface area (Å²) in [5, 5.41) is 0. The van der Waals surface area contributed by atoms with Gasteiger partial charge in [-0.1, -0.05) is 0 Å². The molecule has 0 rings (SSSR count). The fraction of sp³-hybridized carbons (Fsp3) is 0. The van der Waals surface area contributed by atoms with E-state index < -0.39 is 18.8 Å². The molecule has 0 aromatic rings. The second-order valence-corrected chi connectivity index (χ2v) is 5.83. The zero-order chi connectivity index (χ0) is 7.71. The van der Waals surface area contributed by atoms with Crippen molar-refractivity contribution in [2.24, 2.45) is 0 Å². The maximum atomic E-state index is 9.94. The van der Waals surface area contributed by atoms with Crippen LogP contribution in [0, 0.1) is 0 Å². The first kappa shape index (κ1) is 9.50. The van der Waals surface area contributed by atoms with Gasteiger partial charge in [-0.25, -0.2) is 0 Å². The molecular weight excluding hydrogens is 239 g/mol. The Morgan fingerprint density at radius 3 is 1.56 bits per heavy atom. The van der Waals surface area contributed by atoms with Crippen molar-refractivity contribution < 1.29 is 25.4 Å². The predicted molar refractivity (Wildman–Crippen MR) is 29.2 cm³/mol. The second-order valence-electron chi connectivity index (χ2n) is 0.924. The van der Waals surface area contributed by atoms with Gasteiger partial charge < -0.3 is 0 Å². The fourth-order valence-electron chi connectivity index (χ4n) is 0.109. The van der Waals surface area contributed by atoms with Gasteiger partial charge in [0.1, 0.15) is 0 Å². The molecule has 0 aliphatic rings. The Kier molecular flexibility index (Phi) is 2.77. The Bertz CT molecular complexity index is 236. The first-order valence-corrected chi connectivity index (χ1v) is 6.19. The molecule has 9 heteroatoms. The molecule has 0 amide bonds. The summed E-state index contributed by atoms with van der Waals surface area (Å²) >= 11 is 1.49. The van der Waals surface area contributed by atoms with Crippen LogP contribution in [0.15, 0.2) is 0 Å². The molecule has 0 aromatic carbocycles. The average Bonchev–Trinajstić information content (AvgIpc) is 1.14. The zero-order valence-corrected chi connectivity index (χ0v) is 7.10. The summed E-state index contributed by atoms with van der Waals surface area (Å²) in [5.74, 6) is 0. The van der Waals surface area contributed by atoms with Crippen LogP contribution in [0.4, 0.5) is 0 Å². The van der Waals surface area contributed by atoms with Gasteiger partial charge in [0.05, 0.1) is 0 Å². The van der Waals surface area contributed by atoms with Crippen molar-refractivity contribution in [3.8, 4) is 0 Å². The summed E-state index contributed by atoms with van der Waals surface area (Å²) in [6.45, 7) is 0. The van der Waals surface area contributed by atoms with Gasteiger partial charge in [0.2, 0.25) is 0 Å². The van der Waals surface area contributed by atoms with Gasteiger partial charge in [0.25, 0.3) is 0 Å². The Hall–Kier alpha value is 0.499. The van der Waals surface area contributed by atoms with Crippen molar-refractivity contribution in [1.82, 2.24) is 0 Å². The minimum atomic E-state index is -4.84. The molecule has 0 radical (unpaired) electrons. The van der Waals surface area contributed by atoms with E-state index in [-0.39, 0.29) is 0 Å². The Labute approximate surface area is 58.9 Å². The van der Waals surface area contributed by atoms with Crippen molar-refractivity contribution >= 4 is 33.2 Å². The van der Waals surface area contributed by atoms with E-state index in [0.29, 0.717) is 0 Å². The van der Waals surface area contributed by atoms with Gasteiger partial charge in [0, 0.05) is 0 Å². The van der Waals surface area contributed by atoms with Crippen LogP contribution in [0.5, 0.6) is 0 Å². The zero-order valence-electron chi connectivity index (χ0n) is 3.75. The maximum absolute atomic E-state index is 9.94. The third-order valence-corrected chi connectivity index (χ3v) is 2.60. The first-order valence-electron chi connectivity index (χ1n) is 1.37. The molecule has 2 N–H and O–H groups in total. The Morgan fingerprint density at radius 2 is 1.56 bits per heavy atom. The molecule has 9 heavy (non-hydrogen) atoms. The number of rotatable bonds is 2. The van der Waals surface area contributed by atoms with Crippen LogP contribution in [-0.2, 0) is 22.4 Å². The summed E-state index contributed by atoms with van der Waals surface area (Å²) in [6.07, 6.45) is 0. The van der Waals surface area contributed by atoms with E-state index in [4.69, 9.17) is 9.11 Å². The van der Waals surface area contributed by atoms with Crippen LogP contribution < -0.4 is 0 Å². The summed E-state index contributed by atoms with van der Waals surface area (Å²) in [5.41, 5.74) is 0. The molecular formula is H2O6S2Se. The molecule has 0 aromatic heterocycles. The van der Waals surface area contributed by atoms with Gasteiger partial charge in [0.15, 0.2) is 0 Å². The van der Waals surface area contributed by atoms with E-state index in [2.05, 4.69) is 3.63 Å². The van der Waals surface area contributed by atoms with Gasteiger partial charge in [-0.15, -0.1) is 0 Å². The van der Waals surface area contributed by atoms with Crippen molar-refractivity contribution in [2.45, 2.75) is 0 Å². The monoisotopic (exact) mass is 242 g/mol. The van der Waals surface area contributed by atoms with E-state index in [1.54, 1.807) is 0 Å². The quantitative estimate of drug-likeness (QED) is 0.453. The van der Waals surface area contributed by atoms with Crippen LogP contribution in [0.3, 0.4) is 0 Å². The molecule has 0 spiro atoms. The van der Waals surface area contributed by atoms with Crippen molar-refractivity contribution in [3.05, 3.63) is 0 Å². The van der Waals surface area contributed by atoms with E-state index in [1.807, 2.05) is 0 Å². The molecule has 0 fully saturated rings. The molecule has 0 aliphatic heterocycles. The molecule has 0 heterocycles. The van der Waals surface area contributed by atoms with E-state index in [9.17, 15) is 12.6 Å². The standard InChI is InChI=1S/H2O6S2Se/c1-7(2,3)6-8(4,5)9/h(H,1,2,3)(H,4,5,9). The minimum absolute atomic E-state index is 1.49. The molecule has 0 aliphatic carbocycles. The number of hydrogen-bond acceptors (Lipinski definition) is 4. The molecule has 1 unspecified atom stereocenters. The average molecular weight is 241 g/mol. The van der Waals surface area contributed by atoms with E-state index in [0.717, 1.165) is 0 Å². The molecule has 1 atom stereocenters. The summed E-state index contributed by atoms with van der Waals surface area (Å²) < 4.78 is 48.2. The van der Waals surface area contributed by atoms with Crippen molar-refractivity contribution in [2.75, 3.05) is 0 Å². The van der Waals surface area contributed by atoms with Crippen LogP contribution in [0.25, 0.3) is 0 Å². The van der Waals surface area contributed by atoms with Crippen molar-refractivity contribution in [3.63, 3.8) is 0 Å². The SMILES string of the molecule is O=S(=O)(O)OS(=O)(O)=[Se]. The molecule has 56 valence electrons. The van der Waals surface area contributed by atoms with Gasteiger partial charge in [-0.3, -0.25) is 0 Å². The Morgan fingerprint density at radius 1 is 1.22 bits per heavy atom. The third-order valence-electron chi connectivity index (χ3n) is 0.172. The third kappa shape index (κ3) is 8.50. The van der Waals surface area contributed by atoms with E-state index >= 15 is 0 Å². The molecule has 0 saturated carbocycles. The normalized spacial score (nSPS) is 18.9. The first-order chi connectivity index (χ1) is 3.71. The summed E-state index contributed by atoms with van der Waals surface area (Å²) in [6, 6.07) is 0. The van der Waals surface area contributed by atoms with E-state index in [1.165, 1.54) is 14.4 Å².